The lowest BCUT2D eigenvalue weighted by atomic mass is 10.0. The number of carboxylic acids is 1. The van der Waals surface area contributed by atoms with Crippen LogP contribution < -0.4 is 4.74 Å². The van der Waals surface area contributed by atoms with Gasteiger partial charge in [-0.1, -0.05) is 50.0 Å². The molecule has 0 radical (unpaired) electrons. The van der Waals surface area contributed by atoms with Gasteiger partial charge in [0.15, 0.2) is 0 Å². The minimum absolute atomic E-state index is 0.240. The Kier molecular flexibility index (Phi) is 5.43. The average Bonchev–Trinajstić information content (AvgIpc) is 2.75. The van der Waals surface area contributed by atoms with Crippen molar-refractivity contribution in [1.29, 1.82) is 0 Å². The van der Waals surface area contributed by atoms with Crippen molar-refractivity contribution in [1.82, 2.24) is 4.90 Å². The van der Waals surface area contributed by atoms with Crippen LogP contribution in [0.15, 0.2) is 29.2 Å². The fourth-order valence-corrected chi connectivity index (χ4v) is 3.59. The average molecular weight is 351 g/mol. The number of thioether (sulfide) groups is 1. The predicted octanol–water partition coefficient (Wildman–Crippen LogP) is 3.01. The van der Waals surface area contributed by atoms with Crippen LogP contribution in [0.2, 0.25) is 0 Å². The Morgan fingerprint density at radius 3 is 2.43 bits per heavy atom. The summed E-state index contributed by atoms with van der Waals surface area (Å²) in [4.78, 5) is 25.6. The van der Waals surface area contributed by atoms with Crippen molar-refractivity contribution in [3.8, 4) is 5.75 Å². The second-order valence-electron chi connectivity index (χ2n) is 5.35. The van der Waals surface area contributed by atoms with Gasteiger partial charge in [0, 0.05) is 0 Å². The first-order valence-corrected chi connectivity index (χ1v) is 8.21. The summed E-state index contributed by atoms with van der Waals surface area (Å²) >= 11 is 6.33. The lowest BCUT2D eigenvalue weighted by Crippen LogP contribution is -2.47. The SMILES string of the molecule is COc1ccc(/C=C2\SC(=S)N(C(C(=O)O)C(C)C)C2=O)cc1. The number of hydrogen-bond acceptors (Lipinski definition) is 5. The van der Waals surface area contributed by atoms with Gasteiger partial charge >= 0.3 is 5.97 Å². The van der Waals surface area contributed by atoms with Crippen LogP contribution >= 0.6 is 24.0 Å². The maximum atomic E-state index is 12.6. The highest BCUT2D eigenvalue weighted by molar-refractivity contribution is 8.26. The molecule has 1 atom stereocenters. The molecule has 0 aromatic heterocycles. The van der Waals surface area contributed by atoms with E-state index in [9.17, 15) is 14.7 Å². The zero-order valence-electron chi connectivity index (χ0n) is 13.0. The van der Waals surface area contributed by atoms with E-state index in [2.05, 4.69) is 0 Å². The standard InChI is InChI=1S/C16H17NO4S2/c1-9(2)13(15(19)20)17-14(18)12(23-16(17)22)8-10-4-6-11(21-3)7-5-10/h4-9,13H,1-3H3,(H,19,20)/b12-8-. The number of hydrogen-bond donors (Lipinski definition) is 1. The number of thiocarbonyl (C=S) groups is 1. The quantitative estimate of drug-likeness (QED) is 0.650. The molecular formula is C16H17NO4S2. The Morgan fingerprint density at radius 2 is 1.96 bits per heavy atom. The molecular weight excluding hydrogens is 334 g/mol. The molecule has 5 nitrogen and oxygen atoms in total. The number of ether oxygens (including phenoxy) is 1. The minimum atomic E-state index is -1.05. The first kappa shape index (κ1) is 17.5. The summed E-state index contributed by atoms with van der Waals surface area (Å²) in [6, 6.07) is 6.27. The Bertz CT molecular complexity index is 667. The summed E-state index contributed by atoms with van der Waals surface area (Å²) in [5, 5.41) is 9.38. The lowest BCUT2D eigenvalue weighted by Gasteiger charge is -2.26. The highest BCUT2D eigenvalue weighted by Gasteiger charge is 2.41. The van der Waals surface area contributed by atoms with Gasteiger partial charge in [-0.05, 0) is 29.7 Å². The largest absolute Gasteiger partial charge is 0.497 e. The highest BCUT2D eigenvalue weighted by Crippen LogP contribution is 2.35. The van der Waals surface area contributed by atoms with E-state index in [1.807, 2.05) is 12.1 Å². The van der Waals surface area contributed by atoms with Crippen molar-refractivity contribution in [2.24, 2.45) is 5.92 Å². The van der Waals surface area contributed by atoms with Crippen LogP contribution in [0.4, 0.5) is 0 Å². The van der Waals surface area contributed by atoms with E-state index in [1.54, 1.807) is 39.2 Å². The topological polar surface area (TPSA) is 66.8 Å². The van der Waals surface area contributed by atoms with Gasteiger partial charge < -0.3 is 9.84 Å². The zero-order valence-corrected chi connectivity index (χ0v) is 14.6. The Labute approximate surface area is 144 Å². The third-order valence-corrected chi connectivity index (χ3v) is 4.73. The summed E-state index contributed by atoms with van der Waals surface area (Å²) in [5.74, 6) is -0.935. The first-order chi connectivity index (χ1) is 10.8. The van der Waals surface area contributed by atoms with Gasteiger partial charge in [0.2, 0.25) is 0 Å². The van der Waals surface area contributed by atoms with Crippen molar-refractivity contribution in [2.75, 3.05) is 7.11 Å². The molecule has 0 saturated carbocycles. The monoisotopic (exact) mass is 351 g/mol. The molecule has 1 aromatic carbocycles. The fraction of sp³-hybridized carbons (Fsp3) is 0.312. The normalized spacial score (nSPS) is 17.9. The second kappa shape index (κ2) is 7.14. The molecule has 1 fully saturated rings. The van der Waals surface area contributed by atoms with E-state index in [-0.39, 0.29) is 16.1 Å². The zero-order chi connectivity index (χ0) is 17.1. The van der Waals surface area contributed by atoms with Crippen LogP contribution in [0.3, 0.4) is 0 Å². The van der Waals surface area contributed by atoms with Crippen molar-refractivity contribution in [3.63, 3.8) is 0 Å². The molecule has 1 N–H and O–H groups in total. The van der Waals surface area contributed by atoms with Crippen LogP contribution in [-0.2, 0) is 9.59 Å². The number of nitrogens with zero attached hydrogens (tertiary/aromatic N) is 1. The molecule has 1 aromatic rings. The van der Waals surface area contributed by atoms with Gasteiger partial charge in [-0.15, -0.1) is 0 Å². The van der Waals surface area contributed by atoms with Crippen LogP contribution in [0.25, 0.3) is 6.08 Å². The van der Waals surface area contributed by atoms with Crippen LogP contribution in [0.1, 0.15) is 19.4 Å². The molecule has 122 valence electrons. The summed E-state index contributed by atoms with van der Waals surface area (Å²) in [5.41, 5.74) is 0.822. The summed E-state index contributed by atoms with van der Waals surface area (Å²) < 4.78 is 5.37. The number of carbonyl (C=O) groups is 2. The van der Waals surface area contributed by atoms with E-state index in [0.717, 1.165) is 23.1 Å². The van der Waals surface area contributed by atoms with E-state index >= 15 is 0 Å². The molecule has 2 rings (SSSR count). The van der Waals surface area contributed by atoms with Gasteiger partial charge in [-0.3, -0.25) is 9.69 Å². The molecule has 1 unspecified atom stereocenters. The Balaban J connectivity index is 2.29. The van der Waals surface area contributed by atoms with Gasteiger partial charge in [0.25, 0.3) is 5.91 Å². The summed E-state index contributed by atoms with van der Waals surface area (Å²) in [6.07, 6.45) is 1.71. The Hall–Kier alpha value is -1.86. The molecule has 1 aliphatic heterocycles. The second-order valence-corrected chi connectivity index (χ2v) is 7.03. The van der Waals surface area contributed by atoms with Crippen LogP contribution in [0, 0.1) is 5.92 Å². The van der Waals surface area contributed by atoms with Crippen LogP contribution in [0.5, 0.6) is 5.75 Å². The molecule has 1 amide bonds. The number of methoxy groups -OCH3 is 1. The van der Waals surface area contributed by atoms with Crippen molar-refractivity contribution in [2.45, 2.75) is 19.9 Å². The number of aliphatic carboxylic acids is 1. The van der Waals surface area contributed by atoms with Gasteiger partial charge in [0.05, 0.1) is 12.0 Å². The third-order valence-electron chi connectivity index (χ3n) is 3.40. The third kappa shape index (κ3) is 3.73. The number of carboxylic acid groups (broad SMARTS) is 1. The van der Waals surface area contributed by atoms with E-state index in [4.69, 9.17) is 17.0 Å². The Morgan fingerprint density at radius 1 is 1.35 bits per heavy atom. The van der Waals surface area contributed by atoms with Gasteiger partial charge in [0.1, 0.15) is 16.1 Å². The number of rotatable bonds is 5. The predicted molar refractivity (Wildman–Crippen MR) is 94.3 cm³/mol. The van der Waals surface area contributed by atoms with Gasteiger partial charge in [-0.25, -0.2) is 4.79 Å². The molecule has 1 heterocycles. The smallest absolute Gasteiger partial charge is 0.327 e. The maximum absolute atomic E-state index is 12.6. The van der Waals surface area contributed by atoms with Crippen molar-refractivity contribution in [3.05, 3.63) is 34.7 Å². The highest BCUT2D eigenvalue weighted by atomic mass is 32.2. The van der Waals surface area contributed by atoms with E-state index in [1.165, 1.54) is 4.90 Å². The summed E-state index contributed by atoms with van der Waals surface area (Å²) in [7, 11) is 1.58. The molecule has 0 bridgehead atoms. The lowest BCUT2D eigenvalue weighted by molar-refractivity contribution is -0.146. The van der Waals surface area contributed by atoms with E-state index in [0.29, 0.717) is 4.91 Å². The number of carbonyl (C=O) groups excluding carboxylic acids is 1. The maximum Gasteiger partial charge on any atom is 0.327 e. The number of benzene rings is 1. The van der Waals surface area contributed by atoms with Crippen molar-refractivity contribution >= 4 is 46.3 Å². The minimum Gasteiger partial charge on any atom is -0.497 e. The molecule has 0 spiro atoms. The molecule has 0 aliphatic carbocycles. The van der Waals surface area contributed by atoms with Gasteiger partial charge in [-0.2, -0.15) is 0 Å². The van der Waals surface area contributed by atoms with Crippen LogP contribution in [-0.4, -0.2) is 39.4 Å². The molecule has 7 heteroatoms. The van der Waals surface area contributed by atoms with E-state index < -0.39 is 12.0 Å². The first-order valence-electron chi connectivity index (χ1n) is 6.99. The summed E-state index contributed by atoms with van der Waals surface area (Å²) in [6.45, 7) is 3.51. The molecule has 1 saturated heterocycles. The number of amides is 1. The van der Waals surface area contributed by atoms with Crippen molar-refractivity contribution < 1.29 is 19.4 Å². The fourth-order valence-electron chi connectivity index (χ4n) is 2.26. The molecule has 23 heavy (non-hydrogen) atoms. The molecule has 1 aliphatic rings.